The summed E-state index contributed by atoms with van der Waals surface area (Å²) in [6, 6.07) is 36.3. The van der Waals surface area contributed by atoms with Gasteiger partial charge in [-0.2, -0.15) is 0 Å². The molecular weight excluding hydrogens is 721 g/mol. The van der Waals surface area contributed by atoms with Crippen molar-refractivity contribution in [2.75, 3.05) is 41.3 Å². The molecule has 58 heavy (non-hydrogen) atoms. The van der Waals surface area contributed by atoms with Crippen molar-refractivity contribution >= 4 is 11.8 Å². The van der Waals surface area contributed by atoms with Gasteiger partial charge >= 0.3 is 0 Å². The highest BCUT2D eigenvalue weighted by Gasteiger charge is 2.39. The van der Waals surface area contributed by atoms with Gasteiger partial charge in [0, 0.05) is 50.7 Å². The molecule has 6 aromatic rings. The normalized spacial score (nSPS) is 18.0. The summed E-state index contributed by atoms with van der Waals surface area (Å²) in [6.45, 7) is 1.45. The summed E-state index contributed by atoms with van der Waals surface area (Å²) in [4.78, 5) is 46.4. The Labute approximate surface area is 342 Å². The molecule has 0 radical (unpaired) electrons. The molecule has 2 aliphatic heterocycles. The third-order valence-electron chi connectivity index (χ3n) is 11.9. The number of amides is 2. The number of imidazole rings is 2. The molecule has 10 heteroatoms. The third kappa shape index (κ3) is 7.62. The van der Waals surface area contributed by atoms with E-state index >= 15 is 0 Å². The van der Waals surface area contributed by atoms with E-state index < -0.39 is 0 Å². The minimum absolute atomic E-state index is 0.0694. The van der Waals surface area contributed by atoms with Gasteiger partial charge in [-0.25, -0.2) is 9.97 Å². The number of nitrogens with zero attached hydrogens (tertiary/aromatic N) is 8. The van der Waals surface area contributed by atoms with Gasteiger partial charge in [0.2, 0.25) is 11.8 Å². The zero-order valence-electron chi connectivity index (χ0n) is 34.5. The van der Waals surface area contributed by atoms with E-state index in [4.69, 9.17) is 9.97 Å². The number of likely N-dealkylation sites (N-methyl/N-ethyl adjacent to an activating group) is 2. The summed E-state index contributed by atoms with van der Waals surface area (Å²) in [5, 5.41) is 0. The molecule has 4 atom stereocenters. The predicted molar refractivity (Wildman–Crippen MR) is 229 cm³/mol. The first-order chi connectivity index (χ1) is 28.1. The zero-order valence-corrected chi connectivity index (χ0v) is 34.5. The average molecular weight is 775 g/mol. The van der Waals surface area contributed by atoms with Crippen LogP contribution in [0.2, 0.25) is 0 Å². The molecule has 2 fully saturated rings. The number of aromatic nitrogens is 4. The Hall–Kier alpha value is -5.84. The van der Waals surface area contributed by atoms with Gasteiger partial charge in [0.05, 0.1) is 23.5 Å². The maximum Gasteiger partial charge on any atom is 0.245 e. The van der Waals surface area contributed by atoms with Crippen LogP contribution in [-0.2, 0) is 23.7 Å². The third-order valence-corrected chi connectivity index (χ3v) is 11.9. The van der Waals surface area contributed by atoms with Gasteiger partial charge in [0.1, 0.15) is 23.7 Å². The highest BCUT2D eigenvalue weighted by Crippen LogP contribution is 2.38. The molecule has 2 amide bonds. The highest BCUT2D eigenvalue weighted by atomic mass is 16.2. The molecule has 2 aromatic heterocycles. The van der Waals surface area contributed by atoms with Crippen molar-refractivity contribution in [2.24, 2.45) is 14.1 Å². The predicted octanol–water partition coefficient (Wildman–Crippen LogP) is 8.09. The van der Waals surface area contributed by atoms with Crippen LogP contribution in [0.5, 0.6) is 0 Å². The lowest BCUT2D eigenvalue weighted by molar-refractivity contribution is -0.138. The fourth-order valence-corrected chi connectivity index (χ4v) is 9.03. The number of carbonyl (C=O) groups is 2. The van der Waals surface area contributed by atoms with Gasteiger partial charge in [-0.05, 0) is 76.1 Å². The highest BCUT2D eigenvalue weighted by molar-refractivity contribution is 5.85. The standard InChI is InChI=1S/C48H54N8O2/c1-51(2)43(37-15-9-7-10-16-37)47(57)55-29-13-19-41(55)45-49-39(31-53(45)5)35-25-21-33(22-26-35)34-23-27-36(28-24-34)40-32-54(6)46(50-40)42-20-14-30-56(42)48(58)44(52(3)4)38-17-11-8-12-18-38/h7-12,15-18,21-28,31-32,41-44H,13-14,19-20,29-30H2,1-6H3/t41-,42?,43+,44+/m0/s1. The van der Waals surface area contributed by atoms with Crippen molar-refractivity contribution in [3.63, 3.8) is 0 Å². The van der Waals surface area contributed by atoms with Gasteiger partial charge in [0.15, 0.2) is 0 Å². The van der Waals surface area contributed by atoms with Crippen LogP contribution in [-0.4, -0.2) is 91.8 Å². The molecule has 2 saturated heterocycles. The smallest absolute Gasteiger partial charge is 0.245 e. The Kier molecular flexibility index (Phi) is 11.1. The van der Waals surface area contributed by atoms with E-state index in [0.717, 1.165) is 95.2 Å². The summed E-state index contributed by atoms with van der Waals surface area (Å²) in [5.74, 6) is 2.07. The monoisotopic (exact) mass is 774 g/mol. The summed E-state index contributed by atoms with van der Waals surface area (Å²) in [6.07, 6.45) is 7.85. The number of rotatable bonds is 11. The molecule has 4 heterocycles. The maximum absolute atomic E-state index is 14.0. The van der Waals surface area contributed by atoms with E-state index in [0.29, 0.717) is 0 Å². The number of likely N-dealkylation sites (tertiary alicyclic amines) is 2. The maximum atomic E-state index is 14.0. The van der Waals surface area contributed by atoms with Gasteiger partial charge in [-0.15, -0.1) is 0 Å². The Morgan fingerprint density at radius 3 is 1.22 bits per heavy atom. The molecule has 0 saturated carbocycles. The minimum Gasteiger partial charge on any atom is -0.336 e. The molecule has 8 rings (SSSR count). The average Bonchev–Trinajstić information content (AvgIpc) is 4.05. The molecule has 0 bridgehead atoms. The Balaban J connectivity index is 0.960. The molecule has 298 valence electrons. The van der Waals surface area contributed by atoms with Crippen LogP contribution in [0.1, 0.15) is 72.6 Å². The van der Waals surface area contributed by atoms with E-state index in [1.807, 2.05) is 123 Å². The van der Waals surface area contributed by atoms with Gasteiger partial charge in [-0.3, -0.25) is 19.4 Å². The lowest BCUT2D eigenvalue weighted by Crippen LogP contribution is -2.40. The Bertz CT molecular complexity index is 2180. The van der Waals surface area contributed by atoms with Gasteiger partial charge < -0.3 is 18.9 Å². The van der Waals surface area contributed by atoms with Crippen LogP contribution in [0.3, 0.4) is 0 Å². The number of benzene rings is 4. The van der Waals surface area contributed by atoms with Crippen LogP contribution in [0.15, 0.2) is 122 Å². The second-order valence-corrected chi connectivity index (χ2v) is 16.3. The molecule has 4 aromatic carbocycles. The van der Waals surface area contributed by atoms with Crippen LogP contribution in [0.25, 0.3) is 33.6 Å². The van der Waals surface area contributed by atoms with E-state index in [9.17, 15) is 9.59 Å². The van der Waals surface area contributed by atoms with Crippen LogP contribution in [0.4, 0.5) is 0 Å². The second-order valence-electron chi connectivity index (χ2n) is 16.3. The van der Waals surface area contributed by atoms with E-state index in [1.165, 1.54) is 0 Å². The molecule has 0 spiro atoms. The van der Waals surface area contributed by atoms with Crippen molar-refractivity contribution in [1.82, 2.24) is 38.7 Å². The largest absolute Gasteiger partial charge is 0.336 e. The SMILES string of the molecule is CN(C)[C@@H](C(=O)N1CCCC1c1nc(-c2ccc(-c3ccc(-c4cn(C)c([C@@H]5CCCN5C(=O)[C@@H](c5ccccc5)N(C)C)n4)cc3)cc2)cn1C)c1ccccc1. The van der Waals surface area contributed by atoms with Crippen molar-refractivity contribution in [2.45, 2.75) is 49.9 Å². The molecular formula is C48H54N8O2. The topological polar surface area (TPSA) is 82.7 Å². The lowest BCUT2D eigenvalue weighted by Gasteiger charge is -2.32. The summed E-state index contributed by atoms with van der Waals surface area (Å²) < 4.78 is 4.17. The lowest BCUT2D eigenvalue weighted by atomic mass is 10.0. The Morgan fingerprint density at radius 1 is 0.534 bits per heavy atom. The van der Waals surface area contributed by atoms with Crippen LogP contribution >= 0.6 is 0 Å². The number of hydrogen-bond acceptors (Lipinski definition) is 6. The minimum atomic E-state index is -0.341. The van der Waals surface area contributed by atoms with E-state index in [1.54, 1.807) is 0 Å². The number of carbonyl (C=O) groups excluding carboxylic acids is 2. The fraction of sp³-hybridized carbons (Fsp3) is 0.333. The fourth-order valence-electron chi connectivity index (χ4n) is 9.03. The van der Waals surface area contributed by atoms with Crippen LogP contribution < -0.4 is 0 Å². The first kappa shape index (κ1) is 39.0. The van der Waals surface area contributed by atoms with Gasteiger partial charge in [0.25, 0.3) is 0 Å². The Morgan fingerprint density at radius 2 is 0.879 bits per heavy atom. The van der Waals surface area contributed by atoms with E-state index in [2.05, 4.69) is 70.1 Å². The first-order valence-corrected chi connectivity index (χ1v) is 20.4. The second kappa shape index (κ2) is 16.6. The molecule has 0 N–H and O–H groups in total. The van der Waals surface area contributed by atoms with Crippen molar-refractivity contribution < 1.29 is 9.59 Å². The molecule has 10 nitrogen and oxygen atoms in total. The first-order valence-electron chi connectivity index (χ1n) is 20.4. The summed E-state index contributed by atoms with van der Waals surface area (Å²) in [5.41, 5.74) is 8.11. The summed E-state index contributed by atoms with van der Waals surface area (Å²) >= 11 is 0. The van der Waals surface area contributed by atoms with Crippen LogP contribution in [0, 0.1) is 0 Å². The van der Waals surface area contributed by atoms with Crippen molar-refractivity contribution in [3.05, 3.63) is 144 Å². The van der Waals surface area contributed by atoms with Crippen molar-refractivity contribution in [1.29, 1.82) is 0 Å². The molecule has 2 aliphatic rings. The number of hydrogen-bond donors (Lipinski definition) is 0. The quantitative estimate of drug-likeness (QED) is 0.132. The molecule has 1 unspecified atom stereocenters. The van der Waals surface area contributed by atoms with Gasteiger partial charge in [-0.1, -0.05) is 109 Å². The van der Waals surface area contributed by atoms with E-state index in [-0.39, 0.29) is 36.0 Å². The van der Waals surface area contributed by atoms with Crippen molar-refractivity contribution in [3.8, 4) is 33.6 Å². The molecule has 0 aliphatic carbocycles. The summed E-state index contributed by atoms with van der Waals surface area (Å²) in [7, 11) is 11.9. The zero-order chi connectivity index (χ0) is 40.5. The number of aryl methyl sites for hydroxylation is 2.